The van der Waals surface area contributed by atoms with Crippen molar-refractivity contribution in [2.24, 2.45) is 0 Å². The van der Waals surface area contributed by atoms with Crippen molar-refractivity contribution >= 4 is 17.8 Å². The second-order valence-electron chi connectivity index (χ2n) is 11.1. The molecule has 14 heteroatoms. The molecule has 0 unspecified atom stereocenters. The third-order valence-corrected chi connectivity index (χ3v) is 7.71. The summed E-state index contributed by atoms with van der Waals surface area (Å²) in [6, 6.07) is 18.6. The van der Waals surface area contributed by atoms with Gasteiger partial charge < -0.3 is 55.5 Å². The summed E-state index contributed by atoms with van der Waals surface area (Å²) >= 11 is 0. The number of aromatic hydroxyl groups is 1. The molecule has 0 aromatic heterocycles. The predicted molar refractivity (Wildman–Crippen MR) is 164 cm³/mol. The number of phenolic OH excluding ortho intramolecular Hbond substituents is 1. The van der Waals surface area contributed by atoms with Crippen LogP contribution in [0.25, 0.3) is 11.1 Å². The van der Waals surface area contributed by atoms with E-state index >= 15 is 0 Å². The van der Waals surface area contributed by atoms with Gasteiger partial charge in [0.2, 0.25) is 17.6 Å². The number of carbonyl (C=O) groups is 3. The topological polar surface area (TPSA) is 218 Å². The van der Waals surface area contributed by atoms with E-state index in [1.165, 1.54) is 0 Å². The Hall–Kier alpha value is -3.81. The second kappa shape index (κ2) is 17.5. The van der Waals surface area contributed by atoms with Crippen molar-refractivity contribution in [2.75, 3.05) is 13.2 Å². The van der Waals surface area contributed by atoms with Crippen molar-refractivity contribution in [3.8, 4) is 29.2 Å². The van der Waals surface area contributed by atoms with Gasteiger partial charge in [0.15, 0.2) is 0 Å². The smallest absolute Gasteiger partial charge is 0.544 e. The minimum Gasteiger partial charge on any atom is -0.544 e. The number of aliphatic hydroxyl groups is 4. The minimum atomic E-state index is -2.62. The van der Waals surface area contributed by atoms with Gasteiger partial charge in [-0.15, -0.1) is 6.42 Å². The Morgan fingerprint density at radius 3 is 2.12 bits per heavy atom. The molecule has 1 aliphatic rings. The zero-order chi connectivity index (χ0) is 34.1. The van der Waals surface area contributed by atoms with Crippen LogP contribution < -0.4 is 45.3 Å². The van der Waals surface area contributed by atoms with Gasteiger partial charge in [-0.25, -0.2) is 0 Å². The molecule has 0 bridgehead atoms. The van der Waals surface area contributed by atoms with Gasteiger partial charge in [0.25, 0.3) is 0 Å². The van der Waals surface area contributed by atoms with E-state index < -0.39 is 73.6 Å². The minimum absolute atomic E-state index is 0. The maximum absolute atomic E-state index is 12.7. The summed E-state index contributed by atoms with van der Waals surface area (Å²) in [5.41, 5.74) is 3.45. The molecule has 3 aromatic carbocycles. The third kappa shape index (κ3) is 9.86. The maximum atomic E-state index is 12.7. The number of benzene rings is 3. The molecule has 0 spiro atoms. The number of hydrogen-bond donors (Lipinski definition) is 7. The molecule has 6 atom stereocenters. The molecule has 4 rings (SSSR count). The standard InChI is InChI=1S/C34H36N2O11.Na/c1-2-20-3-5-22(6-4-20)19-46-34(33(44)45)16-26(39)30(36-29(42)18-37)32(47-34)31(43)27(40)17-35-28(41)15-21-7-9-23(10-8-21)24-11-13-25(38)14-12-24;/h1,3-14,26-27,30-32,37-40,43H,15-19H2,(H,35,41)(H,36,42)(H,44,45);/q;+1/p-1/t26-,27+,30+,31+,32+,34+;/m0./s1. The average molecular weight is 671 g/mol. The van der Waals surface area contributed by atoms with Gasteiger partial charge >= 0.3 is 29.6 Å². The first kappa shape index (κ1) is 38.6. The van der Waals surface area contributed by atoms with Gasteiger partial charge in [-0.2, -0.15) is 0 Å². The molecular formula is C34H35N2NaO11. The van der Waals surface area contributed by atoms with Crippen LogP contribution in [0.4, 0.5) is 0 Å². The van der Waals surface area contributed by atoms with Crippen molar-refractivity contribution in [1.82, 2.24) is 10.6 Å². The molecule has 0 aliphatic carbocycles. The number of carboxylic acids is 1. The summed E-state index contributed by atoms with van der Waals surface area (Å²) in [7, 11) is 0. The van der Waals surface area contributed by atoms with Crippen LogP contribution in [0.2, 0.25) is 0 Å². The van der Waals surface area contributed by atoms with Gasteiger partial charge in [-0.1, -0.05) is 54.5 Å². The molecule has 248 valence electrons. The summed E-state index contributed by atoms with van der Waals surface area (Å²) in [4.78, 5) is 37.0. The third-order valence-electron chi connectivity index (χ3n) is 7.71. The van der Waals surface area contributed by atoms with E-state index in [0.29, 0.717) is 16.7 Å². The van der Waals surface area contributed by atoms with Crippen molar-refractivity contribution in [3.05, 3.63) is 89.5 Å². The van der Waals surface area contributed by atoms with Crippen molar-refractivity contribution in [1.29, 1.82) is 0 Å². The first-order chi connectivity index (χ1) is 22.4. The fourth-order valence-corrected chi connectivity index (χ4v) is 5.11. The number of carbonyl (C=O) groups excluding carboxylic acids is 3. The van der Waals surface area contributed by atoms with E-state index in [-0.39, 0.29) is 48.3 Å². The Bertz CT molecular complexity index is 1580. The van der Waals surface area contributed by atoms with Crippen LogP contribution in [-0.2, 0) is 36.9 Å². The Balaban J connectivity index is 0.00000625. The molecule has 0 saturated carbocycles. The Labute approximate surface area is 298 Å². The number of hydrogen-bond acceptors (Lipinski definition) is 11. The number of aliphatic carboxylic acids is 1. The molecule has 1 saturated heterocycles. The van der Waals surface area contributed by atoms with Crippen molar-refractivity contribution in [2.45, 2.75) is 55.7 Å². The summed E-state index contributed by atoms with van der Waals surface area (Å²) in [5, 5.41) is 68.6. The molecule has 1 aliphatic heterocycles. The number of terminal acetylenes is 1. The van der Waals surface area contributed by atoms with Gasteiger partial charge in [0.1, 0.15) is 30.5 Å². The van der Waals surface area contributed by atoms with Crippen molar-refractivity contribution < 1.29 is 84.1 Å². The van der Waals surface area contributed by atoms with E-state index in [4.69, 9.17) is 15.9 Å². The number of aliphatic hydroxyl groups excluding tert-OH is 4. The Morgan fingerprint density at radius 2 is 1.56 bits per heavy atom. The summed E-state index contributed by atoms with van der Waals surface area (Å²) in [6.45, 7) is -1.84. The molecular weight excluding hydrogens is 635 g/mol. The fourth-order valence-electron chi connectivity index (χ4n) is 5.11. The van der Waals surface area contributed by atoms with E-state index in [0.717, 1.165) is 11.1 Å². The number of carboxylic acid groups (broad SMARTS) is 1. The number of rotatable bonds is 13. The summed E-state index contributed by atoms with van der Waals surface area (Å²) in [6.07, 6.45) is -2.70. The van der Waals surface area contributed by atoms with E-state index in [9.17, 15) is 45.0 Å². The number of ether oxygens (including phenoxy) is 2. The van der Waals surface area contributed by atoms with E-state index in [2.05, 4.69) is 16.6 Å². The van der Waals surface area contributed by atoms with E-state index in [1.807, 2.05) is 0 Å². The number of nitrogens with one attached hydrogen (secondary N) is 2. The number of phenols is 1. The molecule has 2 amide bonds. The van der Waals surface area contributed by atoms with E-state index in [1.54, 1.807) is 72.8 Å². The fraction of sp³-hybridized carbons (Fsp3) is 0.324. The molecule has 3 aromatic rings. The zero-order valence-corrected chi connectivity index (χ0v) is 28.1. The van der Waals surface area contributed by atoms with Crippen LogP contribution in [-0.4, -0.2) is 92.7 Å². The van der Waals surface area contributed by atoms with Gasteiger partial charge in [-0.3, -0.25) is 9.59 Å². The average Bonchev–Trinajstić information content (AvgIpc) is 3.07. The normalized spacial score (nSPS) is 21.5. The van der Waals surface area contributed by atoms with Crippen LogP contribution in [0.3, 0.4) is 0 Å². The van der Waals surface area contributed by atoms with Gasteiger partial charge in [-0.05, 0) is 46.5 Å². The molecule has 1 heterocycles. The van der Waals surface area contributed by atoms with Crippen LogP contribution in [0.15, 0.2) is 72.8 Å². The molecule has 13 nitrogen and oxygen atoms in total. The van der Waals surface area contributed by atoms with Gasteiger partial charge in [0, 0.05) is 18.5 Å². The monoisotopic (exact) mass is 670 g/mol. The second-order valence-corrected chi connectivity index (χ2v) is 11.1. The zero-order valence-electron chi connectivity index (χ0n) is 26.1. The summed E-state index contributed by atoms with van der Waals surface area (Å²) in [5.74, 6) is -3.40. The molecule has 0 radical (unpaired) electrons. The SMILES string of the molecule is C#Cc1ccc(CO[C@]2(C(=O)[O-])C[C@H](O)[C@@H](NC(=O)CO)[C@H]([C@H](O)[C@H](O)CNC(=O)Cc3ccc(-c4ccc(O)cc4)cc3)O2)cc1.[Na+]. The van der Waals surface area contributed by atoms with Crippen LogP contribution in [0.1, 0.15) is 23.1 Å². The first-order valence-electron chi connectivity index (χ1n) is 14.6. The maximum Gasteiger partial charge on any atom is 1.00 e. The summed E-state index contributed by atoms with van der Waals surface area (Å²) < 4.78 is 11.2. The van der Waals surface area contributed by atoms with Crippen LogP contribution >= 0.6 is 0 Å². The molecule has 7 N–H and O–H groups in total. The Morgan fingerprint density at radius 1 is 0.979 bits per heavy atom. The van der Waals surface area contributed by atoms with Crippen LogP contribution in [0.5, 0.6) is 5.75 Å². The first-order valence-corrected chi connectivity index (χ1v) is 14.6. The Kier molecular flexibility index (Phi) is 14.1. The van der Waals surface area contributed by atoms with Crippen molar-refractivity contribution in [3.63, 3.8) is 0 Å². The quantitative estimate of drug-likeness (QED) is 0.0682. The molecule has 1 fully saturated rings. The largest absolute Gasteiger partial charge is 1.00 e. The number of amides is 2. The van der Waals surface area contributed by atoms with Gasteiger partial charge in [0.05, 0.1) is 31.3 Å². The van der Waals surface area contributed by atoms with Crippen LogP contribution in [0, 0.1) is 12.3 Å². The predicted octanol–water partition coefficient (Wildman–Crippen LogP) is -4.29. The molecule has 48 heavy (non-hydrogen) atoms.